The molecule has 0 radical (unpaired) electrons. The molecule has 4 aromatic rings. The Morgan fingerprint density at radius 1 is 1.17 bits per heavy atom. The summed E-state index contributed by atoms with van der Waals surface area (Å²) < 4.78 is 6.14. The number of rotatable bonds is 6. The van der Waals surface area contributed by atoms with Crippen LogP contribution >= 0.6 is 23.4 Å². The molecule has 0 unspecified atom stereocenters. The molecule has 29 heavy (non-hydrogen) atoms. The van der Waals surface area contributed by atoms with E-state index in [9.17, 15) is 9.59 Å². The minimum atomic E-state index is -0.367. The Bertz CT molecular complexity index is 1300. The van der Waals surface area contributed by atoms with Gasteiger partial charge < -0.3 is 4.57 Å². The van der Waals surface area contributed by atoms with Crippen LogP contribution in [0.15, 0.2) is 51.7 Å². The molecule has 0 aliphatic rings. The van der Waals surface area contributed by atoms with Crippen molar-refractivity contribution in [3.05, 3.63) is 62.8 Å². The maximum Gasteiger partial charge on any atom is 0.332 e. The van der Waals surface area contributed by atoms with Gasteiger partial charge in [0.2, 0.25) is 0 Å². The summed E-state index contributed by atoms with van der Waals surface area (Å²) in [5, 5.41) is 9.47. The number of benzene rings is 1. The van der Waals surface area contributed by atoms with Crippen LogP contribution in [0.3, 0.4) is 0 Å². The Morgan fingerprint density at radius 3 is 2.79 bits per heavy atom. The monoisotopic (exact) mass is 431 g/mol. The van der Waals surface area contributed by atoms with Crippen LogP contribution in [0.4, 0.5) is 0 Å². The molecule has 11 heteroatoms. The molecular formula is C18H18ClN7O2S. The molecule has 0 N–H and O–H groups in total. The average molecular weight is 432 g/mol. The van der Waals surface area contributed by atoms with Crippen LogP contribution in [0.25, 0.3) is 16.9 Å². The normalized spacial score (nSPS) is 11.4. The first-order chi connectivity index (χ1) is 14.0. The third kappa shape index (κ3) is 3.60. The molecule has 3 heterocycles. The van der Waals surface area contributed by atoms with Crippen LogP contribution < -0.4 is 11.2 Å². The van der Waals surface area contributed by atoms with Crippen LogP contribution in [0.2, 0.25) is 5.02 Å². The van der Waals surface area contributed by atoms with E-state index in [2.05, 4.69) is 15.2 Å². The fourth-order valence-corrected chi connectivity index (χ4v) is 4.14. The lowest BCUT2D eigenvalue weighted by Crippen LogP contribution is -2.39. The number of hydrogen-bond acceptors (Lipinski definition) is 6. The van der Waals surface area contributed by atoms with Crippen molar-refractivity contribution < 1.29 is 0 Å². The van der Waals surface area contributed by atoms with Gasteiger partial charge in [0.05, 0.1) is 12.0 Å². The highest BCUT2D eigenvalue weighted by Gasteiger charge is 2.15. The van der Waals surface area contributed by atoms with Gasteiger partial charge in [-0.15, -0.1) is 10.2 Å². The molecule has 4 rings (SSSR count). The van der Waals surface area contributed by atoms with E-state index in [4.69, 9.17) is 11.6 Å². The summed E-state index contributed by atoms with van der Waals surface area (Å²) in [4.78, 5) is 29.4. The molecule has 0 aliphatic heterocycles. The Hall–Kier alpha value is -2.85. The van der Waals surface area contributed by atoms with Gasteiger partial charge in [0, 0.05) is 31.4 Å². The predicted octanol–water partition coefficient (Wildman–Crippen LogP) is 1.85. The molecule has 1 aromatic carbocycles. The standard InChI is InChI=1S/C18H18ClN7O2S/c1-23-10-20-15-14(23)16(27)25(18(28)24(15)2)7-4-8-29-17-22-21-11-26(17)13-6-3-5-12(19)9-13/h3,5-6,9-11H,4,7-8H2,1-2H3. The highest BCUT2D eigenvalue weighted by molar-refractivity contribution is 7.99. The van der Waals surface area contributed by atoms with E-state index in [1.807, 2.05) is 22.8 Å². The van der Waals surface area contributed by atoms with Crippen molar-refractivity contribution >= 4 is 34.5 Å². The van der Waals surface area contributed by atoms with Crippen LogP contribution in [0, 0.1) is 0 Å². The molecule has 150 valence electrons. The summed E-state index contributed by atoms with van der Waals surface area (Å²) in [5.74, 6) is 0.665. The van der Waals surface area contributed by atoms with Gasteiger partial charge in [0.1, 0.15) is 6.33 Å². The van der Waals surface area contributed by atoms with E-state index in [1.165, 1.54) is 27.2 Å². The van der Waals surface area contributed by atoms with E-state index in [1.54, 1.807) is 31.1 Å². The Morgan fingerprint density at radius 2 is 2.00 bits per heavy atom. The summed E-state index contributed by atoms with van der Waals surface area (Å²) in [6, 6.07) is 7.43. The summed E-state index contributed by atoms with van der Waals surface area (Å²) in [7, 11) is 3.36. The first-order valence-corrected chi connectivity index (χ1v) is 10.2. The zero-order chi connectivity index (χ0) is 20.5. The zero-order valence-corrected chi connectivity index (χ0v) is 17.4. The predicted molar refractivity (Wildman–Crippen MR) is 112 cm³/mol. The molecule has 0 amide bonds. The average Bonchev–Trinajstić information content (AvgIpc) is 3.32. The van der Waals surface area contributed by atoms with E-state index >= 15 is 0 Å². The fraction of sp³-hybridized carbons (Fsp3) is 0.278. The maximum absolute atomic E-state index is 12.7. The van der Waals surface area contributed by atoms with Crippen molar-refractivity contribution in [2.45, 2.75) is 18.1 Å². The largest absolute Gasteiger partial charge is 0.332 e. The van der Waals surface area contributed by atoms with E-state index in [0.29, 0.717) is 34.9 Å². The summed E-state index contributed by atoms with van der Waals surface area (Å²) in [6.45, 7) is 0.310. The van der Waals surface area contributed by atoms with Crippen molar-refractivity contribution in [2.24, 2.45) is 14.1 Å². The number of fused-ring (bicyclic) bond motifs is 1. The quantitative estimate of drug-likeness (QED) is 0.341. The Labute approximate surface area is 174 Å². The van der Waals surface area contributed by atoms with Crippen molar-refractivity contribution in [1.29, 1.82) is 0 Å². The van der Waals surface area contributed by atoms with Crippen molar-refractivity contribution in [3.8, 4) is 5.69 Å². The molecule has 0 fully saturated rings. The van der Waals surface area contributed by atoms with Crippen molar-refractivity contribution in [3.63, 3.8) is 0 Å². The highest BCUT2D eigenvalue weighted by atomic mass is 35.5. The van der Waals surface area contributed by atoms with Gasteiger partial charge in [-0.1, -0.05) is 29.4 Å². The number of imidazole rings is 1. The lowest BCUT2D eigenvalue weighted by atomic mass is 10.3. The maximum atomic E-state index is 12.7. The van der Waals surface area contributed by atoms with Crippen LogP contribution in [0.1, 0.15) is 6.42 Å². The van der Waals surface area contributed by atoms with E-state index in [0.717, 1.165) is 10.8 Å². The summed E-state index contributed by atoms with van der Waals surface area (Å²) >= 11 is 7.57. The van der Waals surface area contributed by atoms with Gasteiger partial charge in [0.25, 0.3) is 5.56 Å². The zero-order valence-electron chi connectivity index (χ0n) is 15.8. The second-order valence-corrected chi connectivity index (χ2v) is 7.99. The molecule has 0 saturated carbocycles. The lowest BCUT2D eigenvalue weighted by Gasteiger charge is -2.09. The molecule has 0 saturated heterocycles. The van der Waals surface area contributed by atoms with Gasteiger partial charge in [-0.3, -0.25) is 18.5 Å². The van der Waals surface area contributed by atoms with Crippen molar-refractivity contribution in [1.82, 2.24) is 33.4 Å². The first kappa shape index (κ1) is 19.5. The van der Waals surface area contributed by atoms with Crippen LogP contribution in [0.5, 0.6) is 0 Å². The second-order valence-electron chi connectivity index (χ2n) is 6.49. The van der Waals surface area contributed by atoms with Gasteiger partial charge in [-0.05, 0) is 24.6 Å². The summed E-state index contributed by atoms with van der Waals surface area (Å²) in [6.07, 6.45) is 3.78. The molecule has 0 spiro atoms. The number of aromatic nitrogens is 7. The molecule has 0 aliphatic carbocycles. The minimum absolute atomic E-state index is 0.310. The number of halogens is 1. The van der Waals surface area contributed by atoms with Crippen LogP contribution in [-0.4, -0.2) is 39.2 Å². The highest BCUT2D eigenvalue weighted by Crippen LogP contribution is 2.22. The van der Waals surface area contributed by atoms with E-state index < -0.39 is 0 Å². The molecule has 0 bridgehead atoms. The number of thioether (sulfide) groups is 1. The Kier molecular flexibility index (Phi) is 5.29. The van der Waals surface area contributed by atoms with Gasteiger partial charge in [-0.25, -0.2) is 9.78 Å². The third-order valence-electron chi connectivity index (χ3n) is 4.56. The summed E-state index contributed by atoms with van der Waals surface area (Å²) in [5.41, 5.74) is 0.989. The van der Waals surface area contributed by atoms with E-state index in [-0.39, 0.29) is 11.2 Å². The lowest BCUT2D eigenvalue weighted by molar-refractivity contribution is 0.594. The number of hydrogen-bond donors (Lipinski definition) is 0. The van der Waals surface area contributed by atoms with Crippen molar-refractivity contribution in [2.75, 3.05) is 5.75 Å². The molecule has 0 atom stereocenters. The Balaban J connectivity index is 1.49. The third-order valence-corrected chi connectivity index (χ3v) is 5.83. The van der Waals surface area contributed by atoms with Crippen LogP contribution in [-0.2, 0) is 20.6 Å². The smallest absolute Gasteiger partial charge is 0.328 e. The van der Waals surface area contributed by atoms with Gasteiger partial charge in [-0.2, -0.15) is 0 Å². The topological polar surface area (TPSA) is 92.5 Å². The molecule has 9 nitrogen and oxygen atoms in total. The van der Waals surface area contributed by atoms with Gasteiger partial charge >= 0.3 is 5.69 Å². The van der Waals surface area contributed by atoms with Gasteiger partial charge in [0.15, 0.2) is 16.3 Å². The first-order valence-electron chi connectivity index (χ1n) is 8.87. The number of nitrogens with zero attached hydrogens (tertiary/aromatic N) is 7. The number of aryl methyl sites for hydroxylation is 2. The minimum Gasteiger partial charge on any atom is -0.328 e. The molecule has 3 aromatic heterocycles. The SMILES string of the molecule is Cn1cnc2c1c(=O)n(CCCSc1nncn1-c1cccc(Cl)c1)c(=O)n2C. The molecular weight excluding hydrogens is 414 g/mol. The fourth-order valence-electron chi connectivity index (χ4n) is 3.11. The second kappa shape index (κ2) is 7.88.